The van der Waals surface area contributed by atoms with Crippen molar-refractivity contribution in [2.24, 2.45) is 11.5 Å². The minimum absolute atomic E-state index is 0.0350. The van der Waals surface area contributed by atoms with Crippen LogP contribution in [0.25, 0.3) is 0 Å². The predicted molar refractivity (Wildman–Crippen MR) is 96.2 cm³/mol. The Hall–Kier alpha value is -2.12. The first-order valence-electron chi connectivity index (χ1n) is 7.40. The molecule has 2 aromatic carbocycles. The Morgan fingerprint density at radius 2 is 1.92 bits per heavy atom. The van der Waals surface area contributed by atoms with Crippen LogP contribution in [0, 0.1) is 6.92 Å². The molecular formula is C18H19BrF2N2O2. The van der Waals surface area contributed by atoms with E-state index < -0.39 is 12.2 Å². The molecule has 0 amide bonds. The van der Waals surface area contributed by atoms with Crippen LogP contribution in [0.5, 0.6) is 5.75 Å². The van der Waals surface area contributed by atoms with E-state index in [2.05, 4.69) is 27.2 Å². The third kappa shape index (κ3) is 4.70. The van der Waals surface area contributed by atoms with E-state index in [-0.39, 0.29) is 18.2 Å². The van der Waals surface area contributed by atoms with E-state index in [1.54, 1.807) is 19.1 Å². The van der Waals surface area contributed by atoms with Crippen LogP contribution >= 0.6 is 15.9 Å². The Labute approximate surface area is 153 Å². The van der Waals surface area contributed by atoms with Gasteiger partial charge in [0.2, 0.25) is 0 Å². The zero-order chi connectivity index (χ0) is 18.6. The Bertz CT molecular complexity index is 770. The minimum atomic E-state index is -2.89. The second-order valence-electron chi connectivity index (χ2n) is 5.60. The average molecular weight is 413 g/mol. The summed E-state index contributed by atoms with van der Waals surface area (Å²) >= 11 is 3.42. The van der Waals surface area contributed by atoms with Crippen molar-refractivity contribution in [2.45, 2.75) is 19.1 Å². The molecule has 0 saturated carbocycles. The van der Waals surface area contributed by atoms with Crippen molar-refractivity contribution in [1.29, 1.82) is 0 Å². The zero-order valence-electron chi connectivity index (χ0n) is 13.6. The molecule has 0 saturated heterocycles. The maximum Gasteiger partial charge on any atom is 0.387 e. The number of rotatable bonds is 7. The summed E-state index contributed by atoms with van der Waals surface area (Å²) in [5, 5.41) is 0. The van der Waals surface area contributed by atoms with Gasteiger partial charge in [-0.05, 0) is 48.4 Å². The van der Waals surface area contributed by atoms with Crippen molar-refractivity contribution >= 4 is 15.9 Å². The summed E-state index contributed by atoms with van der Waals surface area (Å²) in [6.45, 7) is 2.33. The number of ether oxygens (including phenoxy) is 2. The highest BCUT2D eigenvalue weighted by molar-refractivity contribution is 9.10. The number of aryl methyl sites for hydroxylation is 1. The van der Waals surface area contributed by atoms with E-state index in [0.29, 0.717) is 11.1 Å². The Morgan fingerprint density at radius 3 is 2.48 bits per heavy atom. The van der Waals surface area contributed by atoms with Crippen LogP contribution in [-0.4, -0.2) is 13.2 Å². The summed E-state index contributed by atoms with van der Waals surface area (Å²) in [6, 6.07) is 12.2. The summed E-state index contributed by atoms with van der Waals surface area (Å²) in [6.07, 6.45) is 0. The van der Waals surface area contributed by atoms with Crippen molar-refractivity contribution in [3.05, 3.63) is 76.1 Å². The first-order chi connectivity index (χ1) is 11.7. The smallest absolute Gasteiger partial charge is 0.387 e. The molecule has 1 atom stereocenters. The molecule has 0 fully saturated rings. The molecule has 0 radical (unpaired) electrons. The molecule has 0 unspecified atom stereocenters. The number of benzene rings is 2. The van der Waals surface area contributed by atoms with E-state index in [9.17, 15) is 8.78 Å². The highest BCUT2D eigenvalue weighted by atomic mass is 79.9. The van der Waals surface area contributed by atoms with Gasteiger partial charge in [0.05, 0.1) is 0 Å². The molecule has 0 aliphatic carbocycles. The average Bonchev–Trinajstić information content (AvgIpc) is 2.54. The largest absolute Gasteiger partial charge is 0.477 e. The van der Waals surface area contributed by atoms with Crippen LogP contribution < -0.4 is 16.2 Å². The summed E-state index contributed by atoms with van der Waals surface area (Å²) in [5.41, 5.74) is 13.1. The summed E-state index contributed by atoms with van der Waals surface area (Å²) in [7, 11) is 0. The predicted octanol–water partition coefficient (Wildman–Crippen LogP) is 4.01. The van der Waals surface area contributed by atoms with Crippen molar-refractivity contribution in [3.63, 3.8) is 0 Å². The van der Waals surface area contributed by atoms with Crippen LogP contribution in [0.15, 0.2) is 59.4 Å². The lowest BCUT2D eigenvalue weighted by Crippen LogP contribution is -2.43. The molecule has 134 valence electrons. The highest BCUT2D eigenvalue weighted by Gasteiger charge is 2.32. The molecule has 0 bridgehead atoms. The van der Waals surface area contributed by atoms with Crippen LogP contribution in [0.2, 0.25) is 0 Å². The Morgan fingerprint density at radius 1 is 1.24 bits per heavy atom. The third-order valence-corrected chi connectivity index (χ3v) is 4.22. The zero-order valence-corrected chi connectivity index (χ0v) is 15.2. The molecule has 0 aromatic heterocycles. The topological polar surface area (TPSA) is 70.5 Å². The van der Waals surface area contributed by atoms with Gasteiger partial charge in [-0.3, -0.25) is 0 Å². The van der Waals surface area contributed by atoms with E-state index >= 15 is 0 Å². The van der Waals surface area contributed by atoms with E-state index in [1.165, 1.54) is 6.07 Å². The second-order valence-corrected chi connectivity index (χ2v) is 6.51. The van der Waals surface area contributed by atoms with Gasteiger partial charge in [0.25, 0.3) is 0 Å². The summed E-state index contributed by atoms with van der Waals surface area (Å²) < 4.78 is 35.6. The second kappa shape index (κ2) is 7.84. The van der Waals surface area contributed by atoms with E-state index in [0.717, 1.165) is 10.0 Å². The third-order valence-electron chi connectivity index (χ3n) is 3.73. The van der Waals surface area contributed by atoms with Gasteiger partial charge in [-0.25, -0.2) is 0 Å². The van der Waals surface area contributed by atoms with Gasteiger partial charge in [0.15, 0.2) is 5.88 Å². The molecule has 2 rings (SSSR count). The SMILES string of the molecule is C=C(N)OC[C@](N)(c1cccc(Br)c1)c1ccc(OC(F)F)c(C)c1. The van der Waals surface area contributed by atoms with Crippen LogP contribution in [-0.2, 0) is 10.3 Å². The van der Waals surface area contributed by atoms with Crippen molar-refractivity contribution in [2.75, 3.05) is 6.61 Å². The fourth-order valence-electron chi connectivity index (χ4n) is 2.46. The molecule has 7 heteroatoms. The number of alkyl halides is 2. The van der Waals surface area contributed by atoms with Crippen LogP contribution in [0.3, 0.4) is 0 Å². The minimum Gasteiger partial charge on any atom is -0.477 e. The van der Waals surface area contributed by atoms with Crippen LogP contribution in [0.4, 0.5) is 8.78 Å². The van der Waals surface area contributed by atoms with E-state index in [4.69, 9.17) is 16.2 Å². The van der Waals surface area contributed by atoms with Crippen molar-refractivity contribution < 1.29 is 18.3 Å². The van der Waals surface area contributed by atoms with Crippen LogP contribution in [0.1, 0.15) is 16.7 Å². The lowest BCUT2D eigenvalue weighted by molar-refractivity contribution is -0.0503. The molecule has 2 aromatic rings. The van der Waals surface area contributed by atoms with Gasteiger partial charge in [-0.15, -0.1) is 0 Å². The van der Waals surface area contributed by atoms with E-state index in [1.807, 2.05) is 24.3 Å². The lowest BCUT2D eigenvalue weighted by Gasteiger charge is -2.31. The number of hydrogen-bond acceptors (Lipinski definition) is 4. The molecular weight excluding hydrogens is 394 g/mol. The summed E-state index contributed by atoms with van der Waals surface area (Å²) in [4.78, 5) is 0. The maximum absolute atomic E-state index is 12.5. The van der Waals surface area contributed by atoms with Crippen molar-refractivity contribution in [3.8, 4) is 5.75 Å². The summed E-state index contributed by atoms with van der Waals surface area (Å²) in [5.74, 6) is 0.138. The fourth-order valence-corrected chi connectivity index (χ4v) is 2.86. The van der Waals surface area contributed by atoms with Gasteiger partial charge in [-0.2, -0.15) is 8.78 Å². The molecule has 25 heavy (non-hydrogen) atoms. The lowest BCUT2D eigenvalue weighted by atomic mass is 9.83. The molecule has 4 nitrogen and oxygen atoms in total. The molecule has 0 spiro atoms. The Balaban J connectivity index is 2.48. The number of halogens is 3. The Kier molecular flexibility index (Phi) is 6.02. The van der Waals surface area contributed by atoms with Gasteiger partial charge in [-0.1, -0.05) is 40.2 Å². The van der Waals surface area contributed by atoms with Crippen molar-refractivity contribution in [1.82, 2.24) is 0 Å². The van der Waals surface area contributed by atoms with Gasteiger partial charge >= 0.3 is 6.61 Å². The molecule has 0 heterocycles. The molecule has 0 aliphatic heterocycles. The number of hydrogen-bond donors (Lipinski definition) is 2. The standard InChI is InChI=1S/C18H19BrF2N2O2/c1-11-8-14(6-7-16(11)25-17(20)21)18(23,10-24-12(2)22)13-4-3-5-15(19)9-13/h3-9,17H,2,10,22-23H2,1H3/t18-/m0/s1. The first-order valence-corrected chi connectivity index (χ1v) is 8.19. The fraction of sp³-hybridized carbons (Fsp3) is 0.222. The van der Waals surface area contributed by atoms with Gasteiger partial charge in [0, 0.05) is 4.47 Å². The quantitative estimate of drug-likeness (QED) is 0.674. The normalized spacial score (nSPS) is 13.4. The maximum atomic E-state index is 12.5. The molecule has 4 N–H and O–H groups in total. The number of nitrogens with two attached hydrogens (primary N) is 2. The first kappa shape index (κ1) is 19.2. The van der Waals surface area contributed by atoms with Gasteiger partial charge < -0.3 is 20.9 Å². The van der Waals surface area contributed by atoms with Gasteiger partial charge in [0.1, 0.15) is 17.9 Å². The highest BCUT2D eigenvalue weighted by Crippen LogP contribution is 2.32. The monoisotopic (exact) mass is 412 g/mol. The molecule has 0 aliphatic rings.